The Kier molecular flexibility index (Phi) is 25.1. The largest absolute Gasteiger partial charge is 0.356 e. The van der Waals surface area contributed by atoms with E-state index >= 15 is 0 Å². The van der Waals surface area contributed by atoms with Gasteiger partial charge in [-0.05, 0) is 116 Å². The molecule has 7 N–H and O–H groups in total. The fraction of sp³-hybridized carbons (Fsp3) is 0.305. The molecule has 4 aromatic carbocycles. The quantitative estimate of drug-likeness (QED) is 0.0264. The summed E-state index contributed by atoms with van der Waals surface area (Å²) in [5.74, 6) is 0.312. The first-order chi connectivity index (χ1) is 38.5. The maximum atomic E-state index is 12.5. The molecule has 0 fully saturated rings. The molecule has 416 valence electrons. The average molecular weight is 1120 g/mol. The third kappa shape index (κ3) is 22.4. The van der Waals surface area contributed by atoms with Crippen molar-refractivity contribution in [2.75, 3.05) is 34.4 Å². The maximum absolute atomic E-state index is 12.5. The van der Waals surface area contributed by atoms with E-state index in [-0.39, 0.29) is 56.2 Å². The van der Waals surface area contributed by atoms with Gasteiger partial charge in [0.15, 0.2) is 11.6 Å². The van der Waals surface area contributed by atoms with Gasteiger partial charge in [0.25, 0.3) is 0 Å². The van der Waals surface area contributed by atoms with Gasteiger partial charge in [-0.3, -0.25) is 24.0 Å². The molecule has 0 bridgehead atoms. The Labute approximate surface area is 474 Å². The summed E-state index contributed by atoms with van der Waals surface area (Å²) in [4.78, 5) is 60.3. The standard InChI is InChI=1S/C30H33N7O3S.C28H31N7O2S.CH4/c1-21(38)31-17-16-23-10-7-11-24(18-23)20-28(40)33-30-37-36-29(41-30)13-6-5-12-25-14-15-26(35-34-25)32-27(39)19-22-8-3-2-4-9-22;29-16-15-21-9-6-10-22(17-21)19-26(37)31-28-35-34-27(38-28)12-5-4-11-23-13-14-24(33-32-23)30-25(36)18-20-7-2-1-3-8-20;/h2-4,7-11,14-15,18H,5-6,12-13,16-17,19-20H2,1H3,(H,31,38)(H,32,35,39)(H,33,37,40);1-3,6-10,13-14,17H,4-5,11-12,15-16,18-19,29H2,(H,30,33,36)(H,31,35,37);1H4. The molecule has 8 rings (SSSR count). The van der Waals surface area contributed by atoms with Crippen LogP contribution in [-0.2, 0) is 88.2 Å². The first-order valence-electron chi connectivity index (χ1n) is 26.2. The van der Waals surface area contributed by atoms with Gasteiger partial charge < -0.3 is 32.3 Å². The van der Waals surface area contributed by atoms with Gasteiger partial charge in [-0.2, -0.15) is 10.2 Å². The molecule has 5 amide bonds. The van der Waals surface area contributed by atoms with Gasteiger partial charge in [0.1, 0.15) is 10.0 Å². The number of nitrogens with two attached hydrogens (primary N) is 1. The van der Waals surface area contributed by atoms with E-state index in [1.165, 1.54) is 29.6 Å². The molecule has 4 aromatic heterocycles. The van der Waals surface area contributed by atoms with Crippen LogP contribution in [-0.4, -0.2) is 83.4 Å². The summed E-state index contributed by atoms with van der Waals surface area (Å²) in [7, 11) is 0. The second-order valence-electron chi connectivity index (χ2n) is 18.5. The lowest BCUT2D eigenvalue weighted by atomic mass is 10.1. The van der Waals surface area contributed by atoms with Crippen LogP contribution in [0.4, 0.5) is 21.9 Å². The van der Waals surface area contributed by atoms with Crippen molar-refractivity contribution in [3.05, 3.63) is 188 Å². The van der Waals surface area contributed by atoms with Crippen molar-refractivity contribution in [1.29, 1.82) is 0 Å². The minimum atomic E-state index is -0.148. The molecule has 8 aromatic rings. The highest BCUT2D eigenvalue weighted by molar-refractivity contribution is 7.15. The van der Waals surface area contributed by atoms with E-state index in [1.54, 1.807) is 12.1 Å². The molecule has 0 atom stereocenters. The number of hydrogen-bond donors (Lipinski definition) is 6. The molecule has 21 heteroatoms. The van der Waals surface area contributed by atoms with Gasteiger partial charge >= 0.3 is 0 Å². The van der Waals surface area contributed by atoms with Crippen LogP contribution < -0.4 is 32.3 Å². The van der Waals surface area contributed by atoms with E-state index in [1.807, 2.05) is 121 Å². The summed E-state index contributed by atoms with van der Waals surface area (Å²) in [6, 6.07) is 42.1. The number of aromatic nitrogens is 8. The highest BCUT2D eigenvalue weighted by atomic mass is 32.1. The zero-order chi connectivity index (χ0) is 55.4. The third-order valence-corrected chi connectivity index (χ3v) is 13.7. The molecular weight excluding hydrogens is 1050 g/mol. The number of anilines is 4. The number of rotatable bonds is 27. The van der Waals surface area contributed by atoms with Crippen molar-refractivity contribution in [3.8, 4) is 0 Å². The minimum absolute atomic E-state index is 0. The molecule has 0 aliphatic carbocycles. The number of carbonyl (C=O) groups excluding carboxylic acids is 5. The monoisotopic (exact) mass is 1120 g/mol. The van der Waals surface area contributed by atoms with Crippen LogP contribution in [0.2, 0.25) is 0 Å². The predicted molar refractivity (Wildman–Crippen MR) is 314 cm³/mol. The first kappa shape index (κ1) is 60.7. The lowest BCUT2D eigenvalue weighted by Gasteiger charge is -2.06. The normalized spacial score (nSPS) is 10.6. The van der Waals surface area contributed by atoms with Gasteiger partial charge in [0.2, 0.25) is 39.8 Å². The number of nitrogens with zero attached hydrogens (tertiary/aromatic N) is 8. The topological polar surface area (TPSA) is 275 Å². The van der Waals surface area contributed by atoms with E-state index in [9.17, 15) is 24.0 Å². The number of aryl methyl sites for hydroxylation is 4. The van der Waals surface area contributed by atoms with Crippen LogP contribution in [0.3, 0.4) is 0 Å². The van der Waals surface area contributed by atoms with Gasteiger partial charge in [-0.15, -0.1) is 30.6 Å². The summed E-state index contributed by atoms with van der Waals surface area (Å²) in [5.41, 5.74) is 13.3. The van der Waals surface area contributed by atoms with Gasteiger partial charge in [0, 0.05) is 26.3 Å². The van der Waals surface area contributed by atoms with E-state index in [0.29, 0.717) is 47.8 Å². The second-order valence-corrected chi connectivity index (χ2v) is 20.6. The Hall–Kier alpha value is -8.53. The number of carbonyl (C=O) groups is 5. The van der Waals surface area contributed by atoms with Crippen molar-refractivity contribution in [1.82, 2.24) is 46.1 Å². The van der Waals surface area contributed by atoms with E-state index in [4.69, 9.17) is 5.73 Å². The summed E-state index contributed by atoms with van der Waals surface area (Å²) < 4.78 is 0. The molecule has 0 saturated carbocycles. The fourth-order valence-electron chi connectivity index (χ4n) is 8.07. The van der Waals surface area contributed by atoms with Crippen LogP contribution in [0.5, 0.6) is 0 Å². The highest BCUT2D eigenvalue weighted by Crippen LogP contribution is 2.21. The fourth-order valence-corrected chi connectivity index (χ4v) is 9.66. The minimum Gasteiger partial charge on any atom is -0.356 e. The molecule has 0 aliphatic heterocycles. The van der Waals surface area contributed by atoms with E-state index in [0.717, 1.165) is 113 Å². The molecule has 0 saturated heterocycles. The zero-order valence-corrected chi connectivity index (χ0v) is 45.7. The molecule has 4 heterocycles. The average Bonchev–Trinajstić information content (AvgIpc) is 4.09. The van der Waals surface area contributed by atoms with Crippen LogP contribution >= 0.6 is 22.7 Å². The summed E-state index contributed by atoms with van der Waals surface area (Å²) in [6.45, 7) is 2.64. The summed E-state index contributed by atoms with van der Waals surface area (Å²) in [6.07, 6.45) is 9.28. The summed E-state index contributed by atoms with van der Waals surface area (Å²) in [5, 5.41) is 50.1. The molecule has 19 nitrogen and oxygen atoms in total. The zero-order valence-electron chi connectivity index (χ0n) is 44.0. The Morgan fingerprint density at radius 3 is 1.24 bits per heavy atom. The van der Waals surface area contributed by atoms with Crippen molar-refractivity contribution in [2.24, 2.45) is 5.73 Å². The molecule has 0 spiro atoms. The Morgan fingerprint density at radius 2 is 0.812 bits per heavy atom. The third-order valence-electron chi connectivity index (χ3n) is 11.9. The van der Waals surface area contributed by atoms with Crippen molar-refractivity contribution in [2.45, 2.75) is 104 Å². The van der Waals surface area contributed by atoms with Crippen molar-refractivity contribution in [3.63, 3.8) is 0 Å². The Balaban J connectivity index is 0.000000256. The van der Waals surface area contributed by atoms with E-state index in [2.05, 4.69) is 67.4 Å². The molecule has 0 radical (unpaired) electrons. The van der Waals surface area contributed by atoms with E-state index < -0.39 is 0 Å². The molecular formula is C59H68N14O5S2. The Morgan fingerprint density at radius 1 is 0.412 bits per heavy atom. The van der Waals surface area contributed by atoms with Gasteiger partial charge in [0.05, 0.1) is 37.1 Å². The number of amides is 5. The summed E-state index contributed by atoms with van der Waals surface area (Å²) >= 11 is 2.78. The Bertz CT molecular complexity index is 3200. The van der Waals surface area contributed by atoms with Crippen LogP contribution in [0.15, 0.2) is 133 Å². The number of nitrogens with one attached hydrogen (secondary N) is 5. The molecule has 0 aliphatic rings. The highest BCUT2D eigenvalue weighted by Gasteiger charge is 2.13. The molecule has 0 unspecified atom stereocenters. The number of unbranched alkanes of at least 4 members (excludes halogenated alkanes) is 2. The SMILES string of the molecule is C.CC(=O)NCCc1cccc(CC(=O)Nc2nnc(CCCCc3ccc(NC(=O)Cc4ccccc4)nn3)s2)c1.NCCc1cccc(CC(=O)Nc2nnc(CCCCc3ccc(NC(=O)Cc4ccccc4)nn3)s2)c1. The van der Waals surface area contributed by atoms with Crippen LogP contribution in [0.1, 0.15) is 94.8 Å². The lowest BCUT2D eigenvalue weighted by Crippen LogP contribution is -2.22. The van der Waals surface area contributed by atoms with Crippen LogP contribution in [0, 0.1) is 0 Å². The second kappa shape index (κ2) is 33.0. The van der Waals surface area contributed by atoms with Gasteiger partial charge in [-0.25, -0.2) is 0 Å². The predicted octanol–water partition coefficient (Wildman–Crippen LogP) is 8.33. The maximum Gasteiger partial charge on any atom is 0.230 e. The number of benzene rings is 4. The first-order valence-corrected chi connectivity index (χ1v) is 27.8. The lowest BCUT2D eigenvalue weighted by molar-refractivity contribution is -0.119. The van der Waals surface area contributed by atoms with Crippen molar-refractivity contribution >= 4 is 74.1 Å². The van der Waals surface area contributed by atoms with Crippen LogP contribution in [0.25, 0.3) is 0 Å². The smallest absolute Gasteiger partial charge is 0.230 e. The van der Waals surface area contributed by atoms with Gasteiger partial charge in [-0.1, -0.05) is 139 Å². The van der Waals surface area contributed by atoms with Crippen molar-refractivity contribution < 1.29 is 24.0 Å². The number of hydrogen-bond acceptors (Lipinski definition) is 16. The molecule has 80 heavy (non-hydrogen) atoms.